The summed E-state index contributed by atoms with van der Waals surface area (Å²) in [5.41, 5.74) is -2.94. The van der Waals surface area contributed by atoms with E-state index in [1.807, 2.05) is 27.7 Å². The van der Waals surface area contributed by atoms with E-state index < -0.39 is 47.1 Å². The van der Waals surface area contributed by atoms with Crippen molar-refractivity contribution in [1.29, 1.82) is 0 Å². The number of carbonyl (C=O) groups excluding carboxylic acids is 2. The topological polar surface area (TPSA) is 130 Å². The average Bonchev–Trinajstić information content (AvgIpc) is 3.07. The maximum atomic E-state index is 14.4. The first-order valence-electron chi connectivity index (χ1n) is 13.2. The van der Waals surface area contributed by atoms with E-state index in [9.17, 15) is 24.9 Å². The van der Waals surface area contributed by atoms with Crippen molar-refractivity contribution in [3.63, 3.8) is 0 Å². The van der Waals surface area contributed by atoms with E-state index in [1.165, 1.54) is 0 Å². The van der Waals surface area contributed by atoms with Gasteiger partial charge in [0, 0.05) is 11.3 Å². The van der Waals surface area contributed by atoms with Crippen LogP contribution < -0.4 is 0 Å². The Kier molecular flexibility index (Phi) is 5.60. The first-order valence-corrected chi connectivity index (χ1v) is 13.2. The van der Waals surface area contributed by atoms with Crippen molar-refractivity contribution in [3.05, 3.63) is 40.3 Å². The van der Waals surface area contributed by atoms with Gasteiger partial charge in [0.15, 0.2) is 17.5 Å². The molecule has 5 rings (SSSR count). The van der Waals surface area contributed by atoms with Gasteiger partial charge in [-0.2, -0.15) is 0 Å². The molecule has 1 spiro atoms. The van der Waals surface area contributed by atoms with Crippen molar-refractivity contribution in [2.45, 2.75) is 85.0 Å². The highest BCUT2D eigenvalue weighted by Gasteiger charge is 2.76. The van der Waals surface area contributed by atoms with E-state index in [-0.39, 0.29) is 45.8 Å². The van der Waals surface area contributed by atoms with Crippen molar-refractivity contribution < 1.29 is 34.2 Å². The second kappa shape index (κ2) is 7.87. The van der Waals surface area contributed by atoms with Crippen molar-refractivity contribution in [3.8, 4) is 0 Å². The maximum Gasteiger partial charge on any atom is 0.344 e. The zero-order valence-electron chi connectivity index (χ0n) is 23.0. The number of esters is 1. The van der Waals surface area contributed by atoms with E-state index >= 15 is 0 Å². The van der Waals surface area contributed by atoms with Gasteiger partial charge in [0.1, 0.15) is 23.1 Å². The van der Waals surface area contributed by atoms with Crippen LogP contribution >= 0.6 is 0 Å². The van der Waals surface area contributed by atoms with Gasteiger partial charge in [-0.1, -0.05) is 58.9 Å². The highest BCUT2D eigenvalue weighted by Crippen LogP contribution is 2.71. The van der Waals surface area contributed by atoms with Crippen LogP contribution in [0.5, 0.6) is 0 Å². The highest BCUT2D eigenvalue weighted by atomic mass is 16.6. The number of aliphatic hydroxyl groups is 3. The number of carbonyl (C=O) groups is 2. The molecule has 4 aliphatic carbocycles. The number of nitrogens with zero attached hydrogens (tertiary/aromatic N) is 1. The van der Waals surface area contributed by atoms with Crippen molar-refractivity contribution in [2.75, 3.05) is 6.61 Å². The van der Waals surface area contributed by atoms with Crippen molar-refractivity contribution in [1.82, 2.24) is 5.16 Å². The molecule has 37 heavy (non-hydrogen) atoms. The van der Waals surface area contributed by atoms with Gasteiger partial charge < -0.3 is 24.6 Å². The van der Waals surface area contributed by atoms with E-state index in [4.69, 9.17) is 9.26 Å². The molecular weight excluding hydrogens is 474 g/mol. The normalized spacial score (nSPS) is 40.1. The maximum absolute atomic E-state index is 14.4. The van der Waals surface area contributed by atoms with Gasteiger partial charge in [-0.05, 0) is 54.6 Å². The molecule has 202 valence electrons. The number of allylic oxidation sites excluding steroid dienone is 1. The number of rotatable bonds is 3. The van der Waals surface area contributed by atoms with E-state index in [2.05, 4.69) is 19.0 Å². The number of ether oxygens (including phenoxy) is 1. The molecule has 2 fully saturated rings. The molecule has 2 saturated carbocycles. The van der Waals surface area contributed by atoms with Gasteiger partial charge in [0.2, 0.25) is 0 Å². The number of Topliss-reactive ketones (excluding diaryl/α,β-unsaturated/α-hetero) is 1. The van der Waals surface area contributed by atoms with Crippen LogP contribution in [0.3, 0.4) is 0 Å². The van der Waals surface area contributed by atoms with Crippen LogP contribution in [-0.4, -0.2) is 56.6 Å². The minimum atomic E-state index is -2.18. The first-order chi connectivity index (χ1) is 17.0. The molecule has 0 aromatic carbocycles. The lowest BCUT2D eigenvalue weighted by molar-refractivity contribution is -0.190. The second-order valence-electron chi connectivity index (χ2n) is 13.4. The Morgan fingerprint density at radius 3 is 2.51 bits per heavy atom. The molecule has 8 heteroatoms. The van der Waals surface area contributed by atoms with E-state index in [1.54, 1.807) is 26.0 Å². The lowest BCUT2D eigenvalue weighted by Gasteiger charge is -2.48. The number of aromatic nitrogens is 1. The molecule has 8 atom stereocenters. The lowest BCUT2D eigenvalue weighted by atomic mass is 9.59. The van der Waals surface area contributed by atoms with Crippen LogP contribution in [0.1, 0.15) is 76.7 Å². The van der Waals surface area contributed by atoms with Gasteiger partial charge in [0.25, 0.3) is 0 Å². The second-order valence-corrected chi connectivity index (χ2v) is 13.4. The number of aryl methyl sites for hydroxylation is 1. The Hall–Kier alpha value is -2.29. The van der Waals surface area contributed by atoms with Crippen molar-refractivity contribution in [2.24, 2.45) is 34.5 Å². The molecule has 1 heterocycles. The minimum Gasteiger partial charge on any atom is -0.451 e. The molecule has 4 aliphatic rings. The monoisotopic (exact) mass is 513 g/mol. The SMILES string of the molecule is CC1=C[C@]23C(=O)[C@@H](C=C(CO)[C@@H](O)[C@]2(O)[C@H]1OC(=O)c1c(C(C)(C)C)noc1C)[C@H]1[C@@H](C[C@H]3C)C1(C)C. The van der Waals surface area contributed by atoms with Gasteiger partial charge in [-0.25, -0.2) is 4.79 Å². The fraction of sp³-hybridized carbons (Fsp3) is 0.690. The summed E-state index contributed by atoms with van der Waals surface area (Å²) in [4.78, 5) is 28.0. The summed E-state index contributed by atoms with van der Waals surface area (Å²) in [5.74, 6) is -1.19. The standard InChI is InChI=1S/C29H39NO7/c1-13-11-28-14(2)9-18-20(27(18,7)8)17(23(28)33)10-16(12-31)22(32)29(28,35)24(13)36-25(34)19-15(3)37-30-21(19)26(4,5)6/h10-11,14,17-18,20,22,24,31-32,35H,9,12H2,1-8H3/t14-,17+,18-,20+,22-,24+,28+,29+/m1/s1. The lowest BCUT2D eigenvalue weighted by Crippen LogP contribution is -2.65. The molecule has 3 N–H and O–H groups in total. The molecule has 0 saturated heterocycles. The Morgan fingerprint density at radius 1 is 1.27 bits per heavy atom. The Bertz CT molecular complexity index is 1230. The fourth-order valence-electron chi connectivity index (χ4n) is 7.88. The van der Waals surface area contributed by atoms with E-state index in [0.29, 0.717) is 17.7 Å². The zero-order valence-corrected chi connectivity index (χ0v) is 23.0. The van der Waals surface area contributed by atoms with E-state index in [0.717, 1.165) is 0 Å². The van der Waals surface area contributed by atoms with Gasteiger partial charge in [0.05, 0.1) is 12.0 Å². The number of hydrogen-bond donors (Lipinski definition) is 3. The van der Waals surface area contributed by atoms with Gasteiger partial charge in [-0.15, -0.1) is 0 Å². The van der Waals surface area contributed by atoms with Gasteiger partial charge >= 0.3 is 5.97 Å². The smallest absolute Gasteiger partial charge is 0.344 e. The zero-order chi connectivity index (χ0) is 27.5. The highest BCUT2D eigenvalue weighted by molar-refractivity contribution is 5.96. The number of aliphatic hydroxyl groups excluding tert-OH is 2. The molecule has 2 bridgehead atoms. The minimum absolute atomic E-state index is 0.0565. The molecule has 8 nitrogen and oxygen atoms in total. The molecule has 0 amide bonds. The quantitative estimate of drug-likeness (QED) is 0.415. The van der Waals surface area contributed by atoms with Crippen LogP contribution in [0.25, 0.3) is 0 Å². The Labute approximate surface area is 217 Å². The first kappa shape index (κ1) is 26.3. The Balaban J connectivity index is 1.63. The van der Waals surface area contributed by atoms with Crippen LogP contribution in [0, 0.1) is 41.4 Å². The van der Waals surface area contributed by atoms with Crippen molar-refractivity contribution >= 4 is 11.8 Å². The summed E-state index contributed by atoms with van der Waals surface area (Å²) in [6.45, 7) is 14.7. The third-order valence-corrected chi connectivity index (χ3v) is 9.90. The molecule has 0 aliphatic heterocycles. The summed E-state index contributed by atoms with van der Waals surface area (Å²) in [5, 5.41) is 38.5. The predicted octanol–water partition coefficient (Wildman–Crippen LogP) is 3.27. The summed E-state index contributed by atoms with van der Waals surface area (Å²) in [6.07, 6.45) is 1.18. The number of ketones is 1. The number of hydrogen-bond acceptors (Lipinski definition) is 8. The summed E-state index contributed by atoms with van der Waals surface area (Å²) >= 11 is 0. The summed E-state index contributed by atoms with van der Waals surface area (Å²) in [7, 11) is 0. The number of fused-ring (bicyclic) bond motifs is 3. The molecular formula is C29H39NO7. The molecule has 1 aromatic rings. The van der Waals surface area contributed by atoms with Crippen LogP contribution in [-0.2, 0) is 14.9 Å². The Morgan fingerprint density at radius 2 is 1.92 bits per heavy atom. The molecule has 1 aromatic heterocycles. The fourth-order valence-corrected chi connectivity index (χ4v) is 7.88. The van der Waals surface area contributed by atoms with Crippen LogP contribution in [0.2, 0.25) is 0 Å². The van der Waals surface area contributed by atoms with Gasteiger partial charge in [-0.3, -0.25) is 4.79 Å². The summed E-state index contributed by atoms with van der Waals surface area (Å²) < 4.78 is 11.3. The third kappa shape index (κ3) is 3.21. The molecule has 0 radical (unpaired) electrons. The summed E-state index contributed by atoms with van der Waals surface area (Å²) in [6, 6.07) is 0. The molecule has 0 unspecified atom stereocenters. The van der Waals surface area contributed by atoms with Crippen LogP contribution in [0.15, 0.2) is 27.8 Å². The third-order valence-electron chi connectivity index (χ3n) is 9.90. The largest absolute Gasteiger partial charge is 0.451 e. The van der Waals surface area contributed by atoms with Crippen LogP contribution in [0.4, 0.5) is 0 Å². The predicted molar refractivity (Wildman–Crippen MR) is 134 cm³/mol. The average molecular weight is 514 g/mol.